The first-order chi connectivity index (χ1) is 7.72. The minimum Gasteiger partial charge on any atom is -0.360 e. The zero-order valence-electron chi connectivity index (χ0n) is 9.66. The smallest absolute Gasteiger partial charge is 0.165 e. The maximum Gasteiger partial charge on any atom is 0.165 e. The number of pyridine rings is 1. The molecule has 1 unspecified atom stereocenters. The third kappa shape index (κ3) is 1.98. The van der Waals surface area contributed by atoms with E-state index in [9.17, 15) is 4.79 Å². The van der Waals surface area contributed by atoms with Crippen LogP contribution >= 0.6 is 0 Å². The molecule has 0 radical (unpaired) electrons. The third-order valence-electron chi connectivity index (χ3n) is 3.01. The lowest BCUT2D eigenvalue weighted by molar-refractivity contribution is 0.0965. The molecule has 1 N–H and O–H groups in total. The second-order valence-electron chi connectivity index (χ2n) is 4.26. The Bertz CT molecular complexity index is 501. The Morgan fingerprint density at radius 3 is 3.12 bits per heavy atom. The standard InChI is InChI=1S/C13H16N2O/c1-3-9(2)6-13(16)11-8-15-12-4-5-14-7-10(11)12/h4-5,7-9,15H,3,6H2,1-2H3. The first-order valence-electron chi connectivity index (χ1n) is 5.66. The third-order valence-corrected chi connectivity index (χ3v) is 3.01. The maximum absolute atomic E-state index is 12.0. The number of fused-ring (bicyclic) bond motifs is 1. The molecule has 0 aliphatic rings. The van der Waals surface area contributed by atoms with Crippen molar-refractivity contribution in [2.24, 2.45) is 5.92 Å². The van der Waals surface area contributed by atoms with Crippen LogP contribution in [0, 0.1) is 5.92 Å². The molecule has 3 heteroatoms. The average Bonchev–Trinajstić information content (AvgIpc) is 2.72. The van der Waals surface area contributed by atoms with Crippen molar-refractivity contribution in [3.8, 4) is 0 Å². The van der Waals surface area contributed by atoms with Crippen molar-refractivity contribution in [1.29, 1.82) is 0 Å². The summed E-state index contributed by atoms with van der Waals surface area (Å²) in [4.78, 5) is 19.2. The van der Waals surface area contributed by atoms with Crippen LogP contribution in [0.5, 0.6) is 0 Å². The number of carbonyl (C=O) groups excluding carboxylic acids is 1. The monoisotopic (exact) mass is 216 g/mol. The number of hydrogen-bond donors (Lipinski definition) is 1. The van der Waals surface area contributed by atoms with Crippen molar-refractivity contribution in [2.45, 2.75) is 26.7 Å². The SMILES string of the molecule is CCC(C)CC(=O)c1c[nH]c2ccncc12. The quantitative estimate of drug-likeness (QED) is 0.798. The molecule has 0 aromatic carbocycles. The highest BCUT2D eigenvalue weighted by Gasteiger charge is 2.14. The first kappa shape index (κ1) is 10.9. The molecule has 0 saturated heterocycles. The molecule has 0 saturated carbocycles. The summed E-state index contributed by atoms with van der Waals surface area (Å²) in [5.41, 5.74) is 1.74. The Morgan fingerprint density at radius 2 is 2.38 bits per heavy atom. The second-order valence-corrected chi connectivity index (χ2v) is 4.26. The minimum atomic E-state index is 0.202. The average molecular weight is 216 g/mol. The van der Waals surface area contributed by atoms with E-state index in [4.69, 9.17) is 0 Å². The molecule has 2 aromatic rings. The first-order valence-corrected chi connectivity index (χ1v) is 5.66. The van der Waals surface area contributed by atoms with Gasteiger partial charge in [0.05, 0.1) is 0 Å². The number of hydrogen-bond acceptors (Lipinski definition) is 2. The van der Waals surface area contributed by atoms with Gasteiger partial charge in [0.15, 0.2) is 5.78 Å². The van der Waals surface area contributed by atoms with Gasteiger partial charge in [-0.3, -0.25) is 9.78 Å². The predicted octanol–water partition coefficient (Wildman–Crippen LogP) is 3.18. The van der Waals surface area contributed by atoms with E-state index >= 15 is 0 Å². The molecule has 2 heterocycles. The van der Waals surface area contributed by atoms with Gasteiger partial charge in [0.25, 0.3) is 0 Å². The lowest BCUT2D eigenvalue weighted by Crippen LogP contribution is -2.04. The van der Waals surface area contributed by atoms with Crippen LogP contribution < -0.4 is 0 Å². The molecule has 2 aromatic heterocycles. The second kappa shape index (κ2) is 4.47. The van der Waals surface area contributed by atoms with Gasteiger partial charge in [0, 0.05) is 41.5 Å². The van der Waals surface area contributed by atoms with Crippen LogP contribution in [0.25, 0.3) is 10.9 Å². The number of ketones is 1. The highest BCUT2D eigenvalue weighted by atomic mass is 16.1. The molecule has 0 amide bonds. The molecule has 0 aliphatic heterocycles. The fraction of sp³-hybridized carbons (Fsp3) is 0.385. The van der Waals surface area contributed by atoms with Crippen LogP contribution in [0.15, 0.2) is 24.7 Å². The summed E-state index contributed by atoms with van der Waals surface area (Å²) >= 11 is 0. The Labute approximate surface area is 94.9 Å². The highest BCUT2D eigenvalue weighted by molar-refractivity contribution is 6.07. The van der Waals surface area contributed by atoms with E-state index in [-0.39, 0.29) is 5.78 Å². The molecular formula is C13H16N2O. The summed E-state index contributed by atoms with van der Waals surface area (Å²) in [6.07, 6.45) is 6.90. The summed E-state index contributed by atoms with van der Waals surface area (Å²) in [5, 5.41) is 0.927. The van der Waals surface area contributed by atoms with Crippen molar-refractivity contribution in [2.75, 3.05) is 0 Å². The number of aromatic amines is 1. The number of aromatic nitrogens is 2. The van der Waals surface area contributed by atoms with Crippen LogP contribution in [-0.2, 0) is 0 Å². The largest absolute Gasteiger partial charge is 0.360 e. The summed E-state index contributed by atoms with van der Waals surface area (Å²) in [6, 6.07) is 1.88. The van der Waals surface area contributed by atoms with Gasteiger partial charge < -0.3 is 4.98 Å². The molecule has 0 spiro atoms. The highest BCUT2D eigenvalue weighted by Crippen LogP contribution is 2.20. The number of nitrogens with zero attached hydrogens (tertiary/aromatic N) is 1. The van der Waals surface area contributed by atoms with Crippen LogP contribution in [0.2, 0.25) is 0 Å². The van der Waals surface area contributed by atoms with E-state index in [1.807, 2.05) is 6.07 Å². The molecule has 3 nitrogen and oxygen atoms in total. The van der Waals surface area contributed by atoms with E-state index in [0.717, 1.165) is 22.9 Å². The van der Waals surface area contributed by atoms with Crippen LogP contribution in [0.1, 0.15) is 37.0 Å². The molecule has 0 bridgehead atoms. The van der Waals surface area contributed by atoms with Gasteiger partial charge in [0.2, 0.25) is 0 Å². The molecule has 2 rings (SSSR count). The Kier molecular flexibility index (Phi) is 3.04. The van der Waals surface area contributed by atoms with Crippen molar-refractivity contribution < 1.29 is 4.79 Å². The van der Waals surface area contributed by atoms with E-state index in [1.54, 1.807) is 18.6 Å². The zero-order valence-corrected chi connectivity index (χ0v) is 9.66. The number of H-pyrrole nitrogens is 1. The molecule has 16 heavy (non-hydrogen) atoms. The lowest BCUT2D eigenvalue weighted by atomic mass is 9.98. The van der Waals surface area contributed by atoms with Gasteiger partial charge in [-0.1, -0.05) is 20.3 Å². The summed E-state index contributed by atoms with van der Waals surface area (Å²) in [7, 11) is 0. The molecule has 0 aliphatic carbocycles. The number of carbonyl (C=O) groups is 1. The fourth-order valence-corrected chi connectivity index (χ4v) is 1.76. The number of nitrogens with one attached hydrogen (secondary N) is 1. The summed E-state index contributed by atoms with van der Waals surface area (Å²) in [6.45, 7) is 4.21. The van der Waals surface area contributed by atoms with Gasteiger partial charge in [-0.05, 0) is 12.0 Å². The van der Waals surface area contributed by atoms with Crippen molar-refractivity contribution >= 4 is 16.7 Å². The van der Waals surface area contributed by atoms with Crippen molar-refractivity contribution in [3.05, 3.63) is 30.2 Å². The van der Waals surface area contributed by atoms with Crippen molar-refractivity contribution in [3.63, 3.8) is 0 Å². The van der Waals surface area contributed by atoms with Crippen LogP contribution in [0.4, 0.5) is 0 Å². The Hall–Kier alpha value is -1.64. The van der Waals surface area contributed by atoms with Crippen molar-refractivity contribution in [1.82, 2.24) is 9.97 Å². The molecule has 84 valence electrons. The zero-order chi connectivity index (χ0) is 11.5. The number of Topliss-reactive ketones (excluding diaryl/α,β-unsaturated/α-hetero) is 1. The summed E-state index contributed by atoms with van der Waals surface area (Å²) in [5.74, 6) is 0.641. The van der Waals surface area contributed by atoms with E-state index in [1.165, 1.54) is 0 Å². The Morgan fingerprint density at radius 1 is 1.56 bits per heavy atom. The van der Waals surface area contributed by atoms with Crippen LogP contribution in [0.3, 0.4) is 0 Å². The normalized spacial score (nSPS) is 12.9. The Balaban J connectivity index is 2.30. The van der Waals surface area contributed by atoms with E-state index in [0.29, 0.717) is 12.3 Å². The van der Waals surface area contributed by atoms with Gasteiger partial charge in [-0.2, -0.15) is 0 Å². The van der Waals surface area contributed by atoms with Gasteiger partial charge >= 0.3 is 0 Å². The molecule has 1 atom stereocenters. The van der Waals surface area contributed by atoms with Gasteiger partial charge in [-0.15, -0.1) is 0 Å². The van der Waals surface area contributed by atoms with Gasteiger partial charge in [0.1, 0.15) is 0 Å². The topological polar surface area (TPSA) is 45.8 Å². The van der Waals surface area contributed by atoms with Gasteiger partial charge in [-0.25, -0.2) is 0 Å². The van der Waals surface area contributed by atoms with E-state index in [2.05, 4.69) is 23.8 Å². The maximum atomic E-state index is 12.0. The number of rotatable bonds is 4. The molecular weight excluding hydrogens is 200 g/mol. The van der Waals surface area contributed by atoms with Crippen LogP contribution in [-0.4, -0.2) is 15.8 Å². The fourth-order valence-electron chi connectivity index (χ4n) is 1.76. The molecule has 0 fully saturated rings. The predicted molar refractivity (Wildman–Crippen MR) is 64.5 cm³/mol. The lowest BCUT2D eigenvalue weighted by Gasteiger charge is -2.05. The van der Waals surface area contributed by atoms with E-state index < -0.39 is 0 Å². The minimum absolute atomic E-state index is 0.202. The summed E-state index contributed by atoms with van der Waals surface area (Å²) < 4.78 is 0.